The zero-order valence-corrected chi connectivity index (χ0v) is 12.0. The lowest BCUT2D eigenvalue weighted by molar-refractivity contribution is -0.143. The fourth-order valence-corrected chi connectivity index (χ4v) is 1.96. The quantitative estimate of drug-likeness (QED) is 0.905. The molecule has 0 saturated carbocycles. The van der Waals surface area contributed by atoms with Crippen LogP contribution in [-0.4, -0.2) is 31.9 Å². The van der Waals surface area contributed by atoms with Crippen LogP contribution in [0.25, 0.3) is 5.65 Å². The van der Waals surface area contributed by atoms with Crippen LogP contribution < -0.4 is 5.32 Å². The molecular formula is C13H14ClN3O3. The lowest BCUT2D eigenvalue weighted by Crippen LogP contribution is -2.50. The van der Waals surface area contributed by atoms with E-state index >= 15 is 0 Å². The highest BCUT2D eigenvalue weighted by atomic mass is 35.5. The molecule has 2 heterocycles. The number of carbonyl (C=O) groups excluding carboxylic acids is 1. The lowest BCUT2D eigenvalue weighted by Gasteiger charge is -2.20. The average Bonchev–Trinajstić information content (AvgIpc) is 2.63. The van der Waals surface area contributed by atoms with Gasteiger partial charge in [0.2, 0.25) is 0 Å². The molecule has 0 unspecified atom stereocenters. The number of fused-ring (bicyclic) bond motifs is 1. The zero-order valence-electron chi connectivity index (χ0n) is 11.3. The van der Waals surface area contributed by atoms with E-state index in [4.69, 9.17) is 16.7 Å². The smallest absolute Gasteiger partial charge is 0.328 e. The van der Waals surface area contributed by atoms with Crippen LogP contribution in [0.1, 0.15) is 30.0 Å². The highest BCUT2D eigenvalue weighted by molar-refractivity contribution is 6.30. The molecule has 2 aromatic heterocycles. The second-order valence-corrected chi connectivity index (χ2v) is 5.44. The molecule has 0 spiro atoms. The van der Waals surface area contributed by atoms with Gasteiger partial charge in [0, 0.05) is 17.3 Å². The fourth-order valence-electron chi connectivity index (χ4n) is 1.81. The number of aromatic nitrogens is 2. The third kappa shape index (κ3) is 2.46. The standard InChI is InChI=1S/C13H14ClN3O3/c1-7-10(11(18)16-13(2,3)12(19)20)17-5-4-8(14)6-9(17)15-7/h4-6H,1-3H3,(H,16,18)(H,19,20). The molecule has 6 nitrogen and oxygen atoms in total. The summed E-state index contributed by atoms with van der Waals surface area (Å²) in [7, 11) is 0. The van der Waals surface area contributed by atoms with Gasteiger partial charge in [0.1, 0.15) is 16.9 Å². The molecule has 0 aliphatic heterocycles. The Bertz CT molecular complexity index is 706. The highest BCUT2D eigenvalue weighted by Crippen LogP contribution is 2.17. The summed E-state index contributed by atoms with van der Waals surface area (Å²) in [5.41, 5.74) is -0.0228. The molecule has 0 saturated heterocycles. The second-order valence-electron chi connectivity index (χ2n) is 5.00. The molecule has 7 heteroatoms. The van der Waals surface area contributed by atoms with E-state index in [1.165, 1.54) is 13.8 Å². The van der Waals surface area contributed by atoms with Crippen molar-refractivity contribution in [1.82, 2.24) is 14.7 Å². The molecule has 0 radical (unpaired) electrons. The van der Waals surface area contributed by atoms with Crippen LogP contribution in [0.2, 0.25) is 5.02 Å². The van der Waals surface area contributed by atoms with Crippen molar-refractivity contribution < 1.29 is 14.7 Å². The maximum atomic E-state index is 12.3. The molecule has 0 fully saturated rings. The third-order valence-corrected chi connectivity index (χ3v) is 3.17. The van der Waals surface area contributed by atoms with Crippen molar-refractivity contribution in [2.45, 2.75) is 26.3 Å². The number of carbonyl (C=O) groups is 2. The number of imidazole rings is 1. The highest BCUT2D eigenvalue weighted by Gasteiger charge is 2.31. The van der Waals surface area contributed by atoms with E-state index in [0.29, 0.717) is 22.1 Å². The van der Waals surface area contributed by atoms with E-state index in [-0.39, 0.29) is 0 Å². The van der Waals surface area contributed by atoms with Crippen LogP contribution in [0.3, 0.4) is 0 Å². The van der Waals surface area contributed by atoms with Gasteiger partial charge < -0.3 is 10.4 Å². The molecule has 20 heavy (non-hydrogen) atoms. The van der Waals surface area contributed by atoms with E-state index in [1.54, 1.807) is 29.7 Å². The van der Waals surface area contributed by atoms with Crippen molar-refractivity contribution in [3.63, 3.8) is 0 Å². The topological polar surface area (TPSA) is 83.7 Å². The van der Waals surface area contributed by atoms with Gasteiger partial charge in [-0.25, -0.2) is 9.78 Å². The number of aliphatic carboxylic acids is 1. The summed E-state index contributed by atoms with van der Waals surface area (Å²) in [6, 6.07) is 3.27. The van der Waals surface area contributed by atoms with Gasteiger partial charge in [-0.05, 0) is 26.8 Å². The number of hydrogen-bond acceptors (Lipinski definition) is 3. The SMILES string of the molecule is Cc1nc2cc(Cl)ccn2c1C(=O)NC(C)(C)C(=O)O. The minimum atomic E-state index is -1.36. The predicted molar refractivity (Wildman–Crippen MR) is 74.1 cm³/mol. The first kappa shape index (κ1) is 14.3. The Labute approximate surface area is 120 Å². The summed E-state index contributed by atoms with van der Waals surface area (Å²) in [6.45, 7) is 4.52. The van der Waals surface area contributed by atoms with E-state index in [1.807, 2.05) is 0 Å². The molecule has 0 aliphatic carbocycles. The first-order chi connectivity index (χ1) is 9.22. The Hall–Kier alpha value is -2.08. The van der Waals surface area contributed by atoms with Crippen LogP contribution in [0.15, 0.2) is 18.3 Å². The molecule has 0 aromatic carbocycles. The van der Waals surface area contributed by atoms with Crippen molar-refractivity contribution in [3.8, 4) is 0 Å². The molecular weight excluding hydrogens is 282 g/mol. The third-order valence-electron chi connectivity index (χ3n) is 2.94. The lowest BCUT2D eigenvalue weighted by atomic mass is 10.1. The van der Waals surface area contributed by atoms with E-state index < -0.39 is 17.4 Å². The molecule has 2 rings (SSSR count). The number of amides is 1. The van der Waals surface area contributed by atoms with Gasteiger partial charge in [-0.2, -0.15) is 0 Å². The normalized spacial score (nSPS) is 11.6. The van der Waals surface area contributed by atoms with Crippen molar-refractivity contribution in [2.24, 2.45) is 0 Å². The van der Waals surface area contributed by atoms with Crippen molar-refractivity contribution >= 4 is 29.1 Å². The van der Waals surface area contributed by atoms with Crippen LogP contribution in [-0.2, 0) is 4.79 Å². The van der Waals surface area contributed by atoms with E-state index in [9.17, 15) is 9.59 Å². The average molecular weight is 296 g/mol. The van der Waals surface area contributed by atoms with E-state index in [0.717, 1.165) is 0 Å². The number of nitrogens with zero attached hydrogens (tertiary/aromatic N) is 2. The summed E-state index contributed by atoms with van der Waals surface area (Å²) in [5.74, 6) is -1.61. The Morgan fingerprint density at radius 3 is 2.70 bits per heavy atom. The first-order valence-corrected chi connectivity index (χ1v) is 6.30. The van der Waals surface area contributed by atoms with Crippen LogP contribution >= 0.6 is 11.6 Å². The Morgan fingerprint density at radius 2 is 2.10 bits per heavy atom. The largest absolute Gasteiger partial charge is 0.480 e. The monoisotopic (exact) mass is 295 g/mol. The Kier molecular flexibility index (Phi) is 3.43. The first-order valence-electron chi connectivity index (χ1n) is 5.92. The Balaban J connectivity index is 2.45. The molecule has 0 atom stereocenters. The van der Waals surface area contributed by atoms with Crippen LogP contribution in [0.5, 0.6) is 0 Å². The Morgan fingerprint density at radius 1 is 1.45 bits per heavy atom. The molecule has 2 aromatic rings. The van der Waals surface area contributed by atoms with Gasteiger partial charge in [0.05, 0.1) is 5.69 Å². The van der Waals surface area contributed by atoms with Gasteiger partial charge in [-0.15, -0.1) is 0 Å². The number of aryl methyl sites for hydroxylation is 1. The van der Waals surface area contributed by atoms with Gasteiger partial charge in [0.25, 0.3) is 5.91 Å². The minimum absolute atomic E-state index is 0.297. The fraction of sp³-hybridized carbons (Fsp3) is 0.308. The summed E-state index contributed by atoms with van der Waals surface area (Å²) in [6.07, 6.45) is 1.63. The molecule has 2 N–H and O–H groups in total. The summed E-state index contributed by atoms with van der Waals surface area (Å²) in [5, 5.41) is 12.0. The molecule has 0 bridgehead atoms. The molecule has 1 amide bonds. The van der Waals surface area contributed by atoms with Gasteiger partial charge in [-0.1, -0.05) is 11.6 Å². The number of carboxylic acid groups (broad SMARTS) is 1. The molecule has 0 aliphatic rings. The number of hydrogen-bond donors (Lipinski definition) is 2. The van der Waals surface area contributed by atoms with Gasteiger partial charge in [0.15, 0.2) is 0 Å². The second kappa shape index (κ2) is 4.79. The maximum absolute atomic E-state index is 12.3. The van der Waals surface area contributed by atoms with Gasteiger partial charge in [-0.3, -0.25) is 9.20 Å². The number of rotatable bonds is 3. The number of halogens is 1. The van der Waals surface area contributed by atoms with Gasteiger partial charge >= 0.3 is 5.97 Å². The minimum Gasteiger partial charge on any atom is -0.480 e. The van der Waals surface area contributed by atoms with Crippen LogP contribution in [0, 0.1) is 6.92 Å². The predicted octanol–water partition coefficient (Wildman–Crippen LogP) is 1.89. The maximum Gasteiger partial charge on any atom is 0.328 e. The van der Waals surface area contributed by atoms with Crippen molar-refractivity contribution in [2.75, 3.05) is 0 Å². The summed E-state index contributed by atoms with van der Waals surface area (Å²) >= 11 is 5.88. The van der Waals surface area contributed by atoms with Crippen LogP contribution in [0.4, 0.5) is 0 Å². The zero-order chi connectivity index (χ0) is 15.1. The van der Waals surface area contributed by atoms with Crippen molar-refractivity contribution in [1.29, 1.82) is 0 Å². The number of nitrogens with one attached hydrogen (secondary N) is 1. The van der Waals surface area contributed by atoms with E-state index in [2.05, 4.69) is 10.3 Å². The van der Waals surface area contributed by atoms with Crippen molar-refractivity contribution in [3.05, 3.63) is 34.7 Å². The number of pyridine rings is 1. The number of carboxylic acids is 1. The summed E-state index contributed by atoms with van der Waals surface area (Å²) < 4.78 is 1.58. The molecule has 106 valence electrons. The summed E-state index contributed by atoms with van der Waals surface area (Å²) in [4.78, 5) is 27.6.